The van der Waals surface area contributed by atoms with Gasteiger partial charge in [-0.2, -0.15) is 0 Å². The third-order valence-corrected chi connectivity index (χ3v) is 3.41. The van der Waals surface area contributed by atoms with Crippen LogP contribution in [0.25, 0.3) is 21.5 Å². The van der Waals surface area contributed by atoms with Crippen LogP contribution in [0.4, 0.5) is 0 Å². The Bertz CT molecular complexity index is 720. The maximum absolute atomic E-state index is 10.3. The Labute approximate surface area is 107 Å². The van der Waals surface area contributed by atoms with E-state index in [1.807, 2.05) is 38.1 Å². The lowest BCUT2D eigenvalue weighted by molar-refractivity contribution is 0.0802. The molecule has 0 radical (unpaired) electrons. The fraction of sp³-hybridized carbons (Fsp3) is 0.176. The van der Waals surface area contributed by atoms with Crippen molar-refractivity contribution in [3.8, 4) is 0 Å². The van der Waals surface area contributed by atoms with Gasteiger partial charge in [-0.25, -0.2) is 0 Å². The summed E-state index contributed by atoms with van der Waals surface area (Å²) in [6, 6.07) is 18.8. The average molecular weight is 236 g/mol. The zero-order valence-electron chi connectivity index (χ0n) is 10.6. The van der Waals surface area contributed by atoms with Crippen molar-refractivity contribution in [2.24, 2.45) is 0 Å². The molecule has 3 aromatic carbocycles. The third-order valence-electron chi connectivity index (χ3n) is 3.41. The van der Waals surface area contributed by atoms with E-state index in [9.17, 15) is 5.11 Å². The van der Waals surface area contributed by atoms with Gasteiger partial charge >= 0.3 is 0 Å². The highest BCUT2D eigenvalue weighted by Crippen LogP contribution is 2.31. The fourth-order valence-electron chi connectivity index (χ4n) is 2.50. The van der Waals surface area contributed by atoms with Gasteiger partial charge in [0, 0.05) is 0 Å². The molecule has 18 heavy (non-hydrogen) atoms. The molecule has 0 amide bonds. The number of hydrogen-bond donors (Lipinski definition) is 1. The zero-order valence-corrected chi connectivity index (χ0v) is 10.6. The first-order valence-corrected chi connectivity index (χ1v) is 6.20. The van der Waals surface area contributed by atoms with Crippen LogP contribution in [0.5, 0.6) is 0 Å². The van der Waals surface area contributed by atoms with Crippen LogP contribution in [0, 0.1) is 0 Å². The van der Waals surface area contributed by atoms with Crippen LogP contribution < -0.4 is 0 Å². The van der Waals surface area contributed by atoms with Crippen LogP contribution >= 0.6 is 0 Å². The normalized spacial score (nSPS) is 12.2. The molecule has 1 N–H and O–H groups in total. The first-order valence-electron chi connectivity index (χ1n) is 6.20. The van der Waals surface area contributed by atoms with Crippen molar-refractivity contribution < 1.29 is 5.11 Å². The Morgan fingerprint density at radius 2 is 1.39 bits per heavy atom. The van der Waals surface area contributed by atoms with Crippen LogP contribution in [-0.4, -0.2) is 5.11 Å². The summed E-state index contributed by atoms with van der Waals surface area (Å²) in [7, 11) is 0. The topological polar surface area (TPSA) is 20.2 Å². The van der Waals surface area contributed by atoms with E-state index in [1.165, 1.54) is 16.2 Å². The summed E-state index contributed by atoms with van der Waals surface area (Å²) in [5.41, 5.74) is 0.160. The molecule has 90 valence electrons. The molecule has 3 aromatic rings. The van der Waals surface area contributed by atoms with Crippen molar-refractivity contribution in [3.05, 3.63) is 60.2 Å². The maximum Gasteiger partial charge on any atom is 0.0846 e. The molecule has 0 atom stereocenters. The van der Waals surface area contributed by atoms with E-state index in [4.69, 9.17) is 0 Å². The summed E-state index contributed by atoms with van der Waals surface area (Å²) in [5, 5.41) is 15.0. The minimum absolute atomic E-state index is 0.817. The van der Waals surface area contributed by atoms with Gasteiger partial charge in [-0.1, -0.05) is 42.5 Å². The van der Waals surface area contributed by atoms with Gasteiger partial charge < -0.3 is 5.11 Å². The summed E-state index contributed by atoms with van der Waals surface area (Å²) < 4.78 is 0. The number of aliphatic hydroxyl groups is 1. The summed E-state index contributed by atoms with van der Waals surface area (Å²) in [4.78, 5) is 0. The van der Waals surface area contributed by atoms with E-state index in [2.05, 4.69) is 30.3 Å². The molecule has 0 spiro atoms. The Kier molecular flexibility index (Phi) is 2.39. The van der Waals surface area contributed by atoms with Crippen molar-refractivity contribution in [3.63, 3.8) is 0 Å². The third kappa shape index (κ3) is 1.77. The highest BCUT2D eigenvalue weighted by molar-refractivity contribution is 5.99. The SMILES string of the molecule is CC(C)(O)c1cccc2cc3ccccc3cc12. The zero-order chi connectivity index (χ0) is 12.8. The molecule has 1 nitrogen and oxygen atoms in total. The molecule has 0 aliphatic rings. The molecule has 3 rings (SSSR count). The summed E-state index contributed by atoms with van der Waals surface area (Å²) in [6.45, 7) is 3.66. The predicted molar refractivity (Wildman–Crippen MR) is 76.7 cm³/mol. The van der Waals surface area contributed by atoms with Gasteiger partial charge in [-0.15, -0.1) is 0 Å². The van der Waals surface area contributed by atoms with E-state index in [0.717, 1.165) is 10.9 Å². The predicted octanol–water partition coefficient (Wildman–Crippen LogP) is 4.22. The average Bonchev–Trinajstić information content (AvgIpc) is 2.34. The van der Waals surface area contributed by atoms with E-state index in [-0.39, 0.29) is 0 Å². The fourth-order valence-corrected chi connectivity index (χ4v) is 2.50. The van der Waals surface area contributed by atoms with Gasteiger partial charge in [0.05, 0.1) is 5.60 Å². The molecular formula is C17H16O. The van der Waals surface area contributed by atoms with Crippen molar-refractivity contribution in [2.45, 2.75) is 19.4 Å². The second-order valence-corrected chi connectivity index (χ2v) is 5.29. The van der Waals surface area contributed by atoms with Gasteiger partial charge in [0.25, 0.3) is 0 Å². The smallest absolute Gasteiger partial charge is 0.0846 e. The van der Waals surface area contributed by atoms with Gasteiger partial charge in [0.15, 0.2) is 0 Å². The molecule has 1 heteroatoms. The first kappa shape index (κ1) is 11.2. The molecule has 0 fully saturated rings. The second kappa shape index (κ2) is 3.82. The lowest BCUT2D eigenvalue weighted by Crippen LogP contribution is -2.15. The minimum atomic E-state index is -0.817. The largest absolute Gasteiger partial charge is 0.386 e. The van der Waals surface area contributed by atoms with Crippen LogP contribution in [-0.2, 0) is 5.60 Å². The van der Waals surface area contributed by atoms with E-state index in [0.29, 0.717) is 0 Å². The van der Waals surface area contributed by atoms with Crippen molar-refractivity contribution in [1.82, 2.24) is 0 Å². The maximum atomic E-state index is 10.3. The monoisotopic (exact) mass is 236 g/mol. The Balaban J connectivity index is 2.44. The lowest BCUT2D eigenvalue weighted by Gasteiger charge is -2.20. The minimum Gasteiger partial charge on any atom is -0.386 e. The van der Waals surface area contributed by atoms with Crippen LogP contribution in [0.2, 0.25) is 0 Å². The number of fused-ring (bicyclic) bond motifs is 2. The lowest BCUT2D eigenvalue weighted by atomic mass is 9.91. The number of benzene rings is 3. The molecule has 0 aromatic heterocycles. The highest BCUT2D eigenvalue weighted by atomic mass is 16.3. The molecule has 0 heterocycles. The quantitative estimate of drug-likeness (QED) is 0.627. The molecular weight excluding hydrogens is 220 g/mol. The van der Waals surface area contributed by atoms with Crippen LogP contribution in [0.3, 0.4) is 0 Å². The molecule has 0 unspecified atom stereocenters. The van der Waals surface area contributed by atoms with Crippen molar-refractivity contribution in [2.75, 3.05) is 0 Å². The molecule has 0 saturated heterocycles. The van der Waals surface area contributed by atoms with Gasteiger partial charge in [0.2, 0.25) is 0 Å². The summed E-state index contributed by atoms with van der Waals surface area (Å²) in [5.74, 6) is 0. The van der Waals surface area contributed by atoms with Gasteiger partial charge in [-0.05, 0) is 53.1 Å². The highest BCUT2D eigenvalue weighted by Gasteiger charge is 2.18. The van der Waals surface area contributed by atoms with Gasteiger partial charge in [0.1, 0.15) is 0 Å². The molecule has 0 aliphatic carbocycles. The summed E-state index contributed by atoms with van der Waals surface area (Å²) >= 11 is 0. The van der Waals surface area contributed by atoms with E-state index < -0.39 is 5.60 Å². The Morgan fingerprint density at radius 3 is 2.06 bits per heavy atom. The number of rotatable bonds is 1. The first-order chi connectivity index (χ1) is 8.55. The Morgan fingerprint density at radius 1 is 0.778 bits per heavy atom. The van der Waals surface area contributed by atoms with Gasteiger partial charge in [-0.3, -0.25) is 0 Å². The van der Waals surface area contributed by atoms with E-state index in [1.54, 1.807) is 0 Å². The van der Waals surface area contributed by atoms with Crippen molar-refractivity contribution >= 4 is 21.5 Å². The number of hydrogen-bond acceptors (Lipinski definition) is 1. The second-order valence-electron chi connectivity index (χ2n) is 5.29. The molecule has 0 bridgehead atoms. The Hall–Kier alpha value is -1.86. The molecule has 0 aliphatic heterocycles. The standard InChI is InChI=1S/C17H16O/c1-17(2,18)16-9-5-8-14-10-12-6-3-4-7-13(12)11-15(14)16/h3-11,18H,1-2H3. The summed E-state index contributed by atoms with van der Waals surface area (Å²) in [6.07, 6.45) is 0. The van der Waals surface area contributed by atoms with Crippen molar-refractivity contribution in [1.29, 1.82) is 0 Å². The molecule has 0 saturated carbocycles. The van der Waals surface area contributed by atoms with Crippen LogP contribution in [0.1, 0.15) is 19.4 Å². The van der Waals surface area contributed by atoms with Crippen LogP contribution in [0.15, 0.2) is 54.6 Å². The van der Waals surface area contributed by atoms with E-state index >= 15 is 0 Å².